The molecule has 13 nitrogen and oxygen atoms in total. The third kappa shape index (κ3) is 12.6. The Labute approximate surface area is 239 Å². The number of carboxylic acid groups (broad SMARTS) is 1. The van der Waals surface area contributed by atoms with Gasteiger partial charge in [-0.15, -0.1) is 0 Å². The molecule has 1 aromatic carbocycles. The maximum atomic E-state index is 13.4. The molecule has 0 spiro atoms. The highest BCUT2D eigenvalue weighted by atomic mass is 32.2. The van der Waals surface area contributed by atoms with Crippen molar-refractivity contribution in [3.63, 3.8) is 0 Å². The summed E-state index contributed by atoms with van der Waals surface area (Å²) in [4.78, 5) is 54.9. The Kier molecular flexibility index (Phi) is 15.5. The minimum Gasteiger partial charge on any atom is -0.508 e. The second-order valence-electron chi connectivity index (χ2n) is 9.54. The van der Waals surface area contributed by atoms with Gasteiger partial charge in [0.2, 0.25) is 17.7 Å². The lowest BCUT2D eigenvalue weighted by atomic mass is 9.97. The van der Waals surface area contributed by atoms with Gasteiger partial charge in [0.25, 0.3) is 0 Å². The molecule has 5 atom stereocenters. The fraction of sp³-hybridized carbons (Fsp3) is 0.577. The van der Waals surface area contributed by atoms with Crippen molar-refractivity contribution < 1.29 is 29.4 Å². The van der Waals surface area contributed by atoms with Crippen LogP contribution in [0.25, 0.3) is 0 Å². The van der Waals surface area contributed by atoms with Crippen LogP contribution in [-0.2, 0) is 25.6 Å². The number of aliphatic carboxylic acids is 1. The topological polar surface area (TPSA) is 235 Å². The minimum atomic E-state index is -1.16. The number of aliphatic imine (C=N–C) groups is 1. The van der Waals surface area contributed by atoms with Crippen LogP contribution < -0.4 is 33.2 Å². The number of guanidine groups is 1. The number of amides is 3. The molecule has 0 heterocycles. The van der Waals surface area contributed by atoms with Crippen molar-refractivity contribution in [3.05, 3.63) is 29.8 Å². The molecular weight excluding hydrogens is 538 g/mol. The zero-order valence-electron chi connectivity index (χ0n) is 23.3. The highest BCUT2D eigenvalue weighted by Crippen LogP contribution is 2.13. The quantitative estimate of drug-likeness (QED) is 0.0637. The van der Waals surface area contributed by atoms with E-state index >= 15 is 0 Å². The van der Waals surface area contributed by atoms with Crippen LogP contribution in [0.5, 0.6) is 5.75 Å². The summed E-state index contributed by atoms with van der Waals surface area (Å²) in [5.74, 6) is -2.80. The number of carbonyl (C=O) groups excluding carboxylic acids is 3. The molecule has 5 unspecified atom stereocenters. The molecule has 1 aromatic rings. The normalized spacial score (nSPS) is 14.6. The van der Waals surface area contributed by atoms with Gasteiger partial charge in [0.1, 0.15) is 23.9 Å². The molecule has 0 aliphatic carbocycles. The first kappa shape index (κ1) is 34.5. The van der Waals surface area contributed by atoms with E-state index in [2.05, 4.69) is 20.9 Å². The zero-order valence-corrected chi connectivity index (χ0v) is 24.1. The Hall–Kier alpha value is -3.52. The average molecular weight is 582 g/mol. The SMILES string of the molecule is CCC(C)C(NC(=O)C(CCCN=C(N)N)NC(=O)C(N)Cc1ccc(O)cc1)C(=O)NC(CCSC)C(=O)O. The molecule has 0 radical (unpaired) electrons. The lowest BCUT2D eigenvalue weighted by Crippen LogP contribution is -2.58. The van der Waals surface area contributed by atoms with Crippen LogP contribution in [0, 0.1) is 5.92 Å². The number of nitrogens with one attached hydrogen (secondary N) is 3. The molecule has 0 aromatic heterocycles. The lowest BCUT2D eigenvalue weighted by molar-refractivity contribution is -0.142. The number of aromatic hydroxyl groups is 1. The fourth-order valence-corrected chi connectivity index (χ4v) is 4.21. The Morgan fingerprint density at radius 3 is 2.15 bits per heavy atom. The summed E-state index contributed by atoms with van der Waals surface area (Å²) in [5, 5.41) is 26.9. The minimum absolute atomic E-state index is 0.0816. The van der Waals surface area contributed by atoms with Crippen molar-refractivity contribution in [1.29, 1.82) is 0 Å². The monoisotopic (exact) mass is 581 g/mol. The number of carbonyl (C=O) groups is 4. The second kappa shape index (κ2) is 17.9. The molecule has 11 N–H and O–H groups in total. The largest absolute Gasteiger partial charge is 0.508 e. The third-order valence-corrected chi connectivity index (χ3v) is 6.97. The summed E-state index contributed by atoms with van der Waals surface area (Å²) in [6.45, 7) is 3.82. The molecule has 0 saturated heterocycles. The molecular formula is C26H43N7O6S. The van der Waals surface area contributed by atoms with Crippen molar-refractivity contribution in [2.75, 3.05) is 18.6 Å². The van der Waals surface area contributed by atoms with E-state index in [4.69, 9.17) is 17.2 Å². The smallest absolute Gasteiger partial charge is 0.326 e. The van der Waals surface area contributed by atoms with Crippen molar-refractivity contribution in [2.45, 2.75) is 70.1 Å². The van der Waals surface area contributed by atoms with Crippen LogP contribution in [0.15, 0.2) is 29.3 Å². The van der Waals surface area contributed by atoms with Gasteiger partial charge in [-0.1, -0.05) is 32.4 Å². The van der Waals surface area contributed by atoms with Crippen LogP contribution in [0.4, 0.5) is 0 Å². The van der Waals surface area contributed by atoms with Crippen molar-refractivity contribution in [2.24, 2.45) is 28.1 Å². The number of rotatable bonds is 18. The number of hydrogen-bond donors (Lipinski definition) is 8. The van der Waals surface area contributed by atoms with Gasteiger partial charge in [-0.25, -0.2) is 4.79 Å². The summed E-state index contributed by atoms with van der Waals surface area (Å²) in [6, 6.07) is 2.07. The Balaban J connectivity index is 3.04. The highest BCUT2D eigenvalue weighted by molar-refractivity contribution is 7.98. The van der Waals surface area contributed by atoms with Gasteiger partial charge in [0.05, 0.1) is 6.04 Å². The van der Waals surface area contributed by atoms with E-state index in [0.29, 0.717) is 18.6 Å². The number of hydrogen-bond acceptors (Lipinski definition) is 8. The van der Waals surface area contributed by atoms with E-state index in [9.17, 15) is 29.4 Å². The molecule has 14 heteroatoms. The van der Waals surface area contributed by atoms with Crippen molar-refractivity contribution >= 4 is 41.4 Å². The number of thioether (sulfide) groups is 1. The van der Waals surface area contributed by atoms with E-state index in [1.165, 1.54) is 23.9 Å². The van der Waals surface area contributed by atoms with Gasteiger partial charge < -0.3 is 43.4 Å². The molecule has 0 aliphatic rings. The first-order valence-corrected chi connectivity index (χ1v) is 14.5. The van der Waals surface area contributed by atoms with Gasteiger partial charge in [-0.05, 0) is 61.3 Å². The molecule has 0 bridgehead atoms. The van der Waals surface area contributed by atoms with Gasteiger partial charge in [-0.3, -0.25) is 19.4 Å². The summed E-state index contributed by atoms with van der Waals surface area (Å²) in [6.07, 6.45) is 3.26. The average Bonchev–Trinajstić information content (AvgIpc) is 2.91. The maximum absolute atomic E-state index is 13.4. The number of benzene rings is 1. The Bertz CT molecular complexity index is 1000. The standard InChI is InChI=1S/C26H43N7O6S/c1-4-15(2)21(24(37)32-20(25(38)39)11-13-40-3)33-23(36)19(6-5-12-30-26(28)29)31-22(35)18(27)14-16-7-9-17(34)10-8-16/h7-10,15,18-21,34H,4-6,11-14,27H2,1-3H3,(H,31,35)(H,32,37)(H,33,36)(H,38,39)(H4,28,29,30). The van der Waals surface area contributed by atoms with Crippen LogP contribution in [0.1, 0.15) is 45.1 Å². The maximum Gasteiger partial charge on any atom is 0.326 e. The highest BCUT2D eigenvalue weighted by Gasteiger charge is 2.32. The second-order valence-corrected chi connectivity index (χ2v) is 10.5. The number of phenolic OH excluding ortho intramolecular Hbond substituents is 1. The molecule has 0 saturated carbocycles. The predicted octanol–water partition coefficient (Wildman–Crippen LogP) is -0.346. The number of nitrogens with two attached hydrogens (primary N) is 3. The van der Waals surface area contributed by atoms with Crippen molar-refractivity contribution in [3.8, 4) is 5.75 Å². The number of phenols is 1. The van der Waals surface area contributed by atoms with Gasteiger partial charge >= 0.3 is 5.97 Å². The molecule has 40 heavy (non-hydrogen) atoms. The van der Waals surface area contributed by atoms with Crippen LogP contribution in [0.2, 0.25) is 0 Å². The number of nitrogens with zero attached hydrogens (tertiary/aromatic N) is 1. The third-order valence-electron chi connectivity index (χ3n) is 6.33. The van der Waals surface area contributed by atoms with Crippen LogP contribution in [-0.4, -0.2) is 82.6 Å². The first-order chi connectivity index (χ1) is 18.9. The van der Waals surface area contributed by atoms with E-state index < -0.39 is 47.9 Å². The first-order valence-electron chi connectivity index (χ1n) is 13.1. The Morgan fingerprint density at radius 1 is 0.975 bits per heavy atom. The fourth-order valence-electron chi connectivity index (χ4n) is 3.74. The van der Waals surface area contributed by atoms with Crippen LogP contribution in [0.3, 0.4) is 0 Å². The van der Waals surface area contributed by atoms with Crippen LogP contribution >= 0.6 is 11.8 Å². The van der Waals surface area contributed by atoms with Gasteiger partial charge in [0.15, 0.2) is 5.96 Å². The summed E-state index contributed by atoms with van der Waals surface area (Å²) in [5.41, 5.74) is 17.6. The van der Waals surface area contributed by atoms with Crippen molar-refractivity contribution in [1.82, 2.24) is 16.0 Å². The molecule has 3 amide bonds. The molecule has 0 aliphatic heterocycles. The van der Waals surface area contributed by atoms with E-state index in [1.54, 1.807) is 19.1 Å². The van der Waals surface area contributed by atoms with E-state index in [0.717, 1.165) is 5.56 Å². The predicted molar refractivity (Wildman–Crippen MR) is 156 cm³/mol. The van der Waals surface area contributed by atoms with Gasteiger partial charge in [0, 0.05) is 6.54 Å². The molecule has 224 valence electrons. The van der Waals surface area contributed by atoms with E-state index in [-0.39, 0.29) is 43.4 Å². The summed E-state index contributed by atoms with van der Waals surface area (Å²) < 4.78 is 0. The summed E-state index contributed by atoms with van der Waals surface area (Å²) >= 11 is 1.46. The molecule has 0 fully saturated rings. The zero-order chi connectivity index (χ0) is 30.2. The number of carboxylic acids is 1. The Morgan fingerprint density at radius 2 is 1.60 bits per heavy atom. The van der Waals surface area contributed by atoms with Gasteiger partial charge in [-0.2, -0.15) is 11.8 Å². The summed E-state index contributed by atoms with van der Waals surface area (Å²) in [7, 11) is 0. The lowest BCUT2D eigenvalue weighted by Gasteiger charge is -2.28. The van der Waals surface area contributed by atoms with E-state index in [1.807, 2.05) is 13.2 Å². The molecule has 1 rings (SSSR count).